The monoisotopic (exact) mass is 349 g/mol. The van der Waals surface area contributed by atoms with Crippen LogP contribution in [0.3, 0.4) is 0 Å². The minimum Gasteiger partial charge on any atom is -0.339 e. The lowest BCUT2D eigenvalue weighted by molar-refractivity contribution is 0.0724. The lowest BCUT2D eigenvalue weighted by Gasteiger charge is -2.29. The maximum atomic E-state index is 13.1. The zero-order chi connectivity index (χ0) is 17.9. The summed E-state index contributed by atoms with van der Waals surface area (Å²) < 4.78 is 0. The average molecular weight is 349 g/mol. The van der Waals surface area contributed by atoms with Crippen molar-refractivity contribution in [3.63, 3.8) is 0 Å². The van der Waals surface area contributed by atoms with Gasteiger partial charge in [-0.05, 0) is 55.9 Å². The minimum absolute atomic E-state index is 0.000180. The molecule has 0 aliphatic carbocycles. The number of amides is 2. The third-order valence-corrected chi connectivity index (χ3v) is 5.22. The van der Waals surface area contributed by atoms with Crippen molar-refractivity contribution in [2.45, 2.75) is 32.1 Å². The molecule has 3 heterocycles. The summed E-state index contributed by atoms with van der Waals surface area (Å²) in [4.78, 5) is 33.7. The molecule has 2 amide bonds. The Balaban J connectivity index is 1.59. The van der Waals surface area contributed by atoms with Gasteiger partial charge in [-0.2, -0.15) is 0 Å². The number of para-hydroxylation sites is 1. The standard InChI is InChI=1S/C21H23N3O2/c25-20(23-12-4-1-5-13-23)17-10-11-22-18(15-17)21(26)24-14-6-8-16-7-2-3-9-19(16)24/h2-3,7,9-11,15H,1,4-6,8,12-14H2. The van der Waals surface area contributed by atoms with E-state index in [0.717, 1.165) is 44.5 Å². The van der Waals surface area contributed by atoms with E-state index in [4.69, 9.17) is 0 Å². The maximum Gasteiger partial charge on any atom is 0.276 e. The molecule has 4 rings (SSSR count). The second-order valence-electron chi connectivity index (χ2n) is 6.97. The Morgan fingerprint density at radius 3 is 2.54 bits per heavy atom. The van der Waals surface area contributed by atoms with Crippen molar-refractivity contribution in [2.75, 3.05) is 24.5 Å². The van der Waals surface area contributed by atoms with Crippen LogP contribution in [-0.2, 0) is 6.42 Å². The third-order valence-electron chi connectivity index (χ3n) is 5.22. The van der Waals surface area contributed by atoms with Gasteiger partial charge in [0.05, 0.1) is 0 Å². The number of nitrogens with zero attached hydrogens (tertiary/aromatic N) is 3. The summed E-state index contributed by atoms with van der Waals surface area (Å²) >= 11 is 0. The summed E-state index contributed by atoms with van der Waals surface area (Å²) in [6.07, 6.45) is 6.77. The van der Waals surface area contributed by atoms with Crippen molar-refractivity contribution in [3.8, 4) is 0 Å². The summed E-state index contributed by atoms with van der Waals surface area (Å²) in [5.41, 5.74) is 3.03. The largest absolute Gasteiger partial charge is 0.339 e. The fourth-order valence-corrected chi connectivity index (χ4v) is 3.84. The van der Waals surface area contributed by atoms with Gasteiger partial charge in [0.2, 0.25) is 0 Å². The maximum absolute atomic E-state index is 13.1. The number of hydrogen-bond acceptors (Lipinski definition) is 3. The van der Waals surface area contributed by atoms with Crippen LogP contribution in [0.25, 0.3) is 0 Å². The van der Waals surface area contributed by atoms with Gasteiger partial charge in [-0.1, -0.05) is 18.2 Å². The zero-order valence-electron chi connectivity index (χ0n) is 14.9. The SMILES string of the molecule is O=C(c1ccnc(C(=O)N2CCCc3ccccc32)c1)N1CCCCC1. The Labute approximate surface area is 153 Å². The number of fused-ring (bicyclic) bond motifs is 1. The molecule has 0 N–H and O–H groups in total. The minimum atomic E-state index is -0.134. The lowest BCUT2D eigenvalue weighted by atomic mass is 10.0. The first-order valence-electron chi connectivity index (χ1n) is 9.39. The van der Waals surface area contributed by atoms with Crippen molar-refractivity contribution in [3.05, 3.63) is 59.4 Å². The molecule has 1 aromatic heterocycles. The number of aromatic nitrogens is 1. The van der Waals surface area contributed by atoms with Gasteiger partial charge in [0.15, 0.2) is 0 Å². The molecule has 0 bridgehead atoms. The van der Waals surface area contributed by atoms with Gasteiger partial charge in [0.1, 0.15) is 5.69 Å². The van der Waals surface area contributed by atoms with Gasteiger partial charge >= 0.3 is 0 Å². The first-order chi connectivity index (χ1) is 12.7. The number of anilines is 1. The highest BCUT2D eigenvalue weighted by molar-refractivity contribution is 6.07. The molecule has 1 fully saturated rings. The van der Waals surface area contributed by atoms with Crippen molar-refractivity contribution in [1.82, 2.24) is 9.88 Å². The van der Waals surface area contributed by atoms with E-state index >= 15 is 0 Å². The van der Waals surface area contributed by atoms with Crippen molar-refractivity contribution in [1.29, 1.82) is 0 Å². The molecule has 0 atom stereocenters. The second kappa shape index (κ2) is 7.28. The number of likely N-dealkylation sites (tertiary alicyclic amines) is 1. The van der Waals surface area contributed by atoms with E-state index in [0.29, 0.717) is 17.8 Å². The molecule has 2 aromatic rings. The summed E-state index contributed by atoms with van der Waals surface area (Å²) in [7, 11) is 0. The number of rotatable bonds is 2. The smallest absolute Gasteiger partial charge is 0.276 e. The van der Waals surface area contributed by atoms with E-state index in [9.17, 15) is 9.59 Å². The van der Waals surface area contributed by atoms with E-state index in [1.165, 1.54) is 12.0 Å². The first kappa shape index (κ1) is 16.8. The molecule has 134 valence electrons. The average Bonchev–Trinajstić information content (AvgIpc) is 2.73. The van der Waals surface area contributed by atoms with Gasteiger partial charge in [-0.3, -0.25) is 14.6 Å². The van der Waals surface area contributed by atoms with Gasteiger partial charge < -0.3 is 9.80 Å². The van der Waals surface area contributed by atoms with Crippen LogP contribution in [0.2, 0.25) is 0 Å². The van der Waals surface area contributed by atoms with Gasteiger partial charge in [0.25, 0.3) is 11.8 Å². The van der Waals surface area contributed by atoms with E-state index in [1.54, 1.807) is 23.2 Å². The number of hydrogen-bond donors (Lipinski definition) is 0. The molecule has 26 heavy (non-hydrogen) atoms. The van der Waals surface area contributed by atoms with E-state index in [-0.39, 0.29) is 11.8 Å². The Bertz CT molecular complexity index is 828. The molecule has 2 aliphatic rings. The van der Waals surface area contributed by atoms with Crippen LogP contribution in [0.5, 0.6) is 0 Å². The normalized spacial score (nSPS) is 16.9. The number of piperidine rings is 1. The number of aryl methyl sites for hydroxylation is 1. The van der Waals surface area contributed by atoms with Gasteiger partial charge in [0, 0.05) is 37.1 Å². The van der Waals surface area contributed by atoms with E-state index < -0.39 is 0 Å². The van der Waals surface area contributed by atoms with Crippen LogP contribution >= 0.6 is 0 Å². The van der Waals surface area contributed by atoms with Crippen LogP contribution in [0.4, 0.5) is 5.69 Å². The molecule has 0 saturated carbocycles. The number of benzene rings is 1. The molecule has 0 spiro atoms. The zero-order valence-corrected chi connectivity index (χ0v) is 14.9. The predicted molar refractivity (Wildman–Crippen MR) is 100 cm³/mol. The van der Waals surface area contributed by atoms with Crippen LogP contribution in [0.1, 0.15) is 52.1 Å². The highest BCUT2D eigenvalue weighted by Crippen LogP contribution is 2.28. The molecular formula is C21H23N3O2. The van der Waals surface area contributed by atoms with E-state index in [2.05, 4.69) is 11.1 Å². The van der Waals surface area contributed by atoms with Crippen molar-refractivity contribution >= 4 is 17.5 Å². The predicted octanol–water partition coefficient (Wildman–Crippen LogP) is 3.30. The van der Waals surface area contributed by atoms with Crippen LogP contribution in [-0.4, -0.2) is 41.3 Å². The first-order valence-corrected chi connectivity index (χ1v) is 9.39. The van der Waals surface area contributed by atoms with Gasteiger partial charge in [-0.15, -0.1) is 0 Å². The molecule has 5 heteroatoms. The van der Waals surface area contributed by atoms with Crippen molar-refractivity contribution < 1.29 is 9.59 Å². The number of carbonyl (C=O) groups is 2. The summed E-state index contributed by atoms with van der Waals surface area (Å²) in [6, 6.07) is 11.4. The highest BCUT2D eigenvalue weighted by atomic mass is 16.2. The molecule has 1 aromatic carbocycles. The molecular weight excluding hydrogens is 326 g/mol. The van der Waals surface area contributed by atoms with Crippen LogP contribution in [0.15, 0.2) is 42.6 Å². The van der Waals surface area contributed by atoms with Gasteiger partial charge in [-0.25, -0.2) is 0 Å². The number of carbonyl (C=O) groups excluding carboxylic acids is 2. The fourth-order valence-electron chi connectivity index (χ4n) is 3.84. The van der Waals surface area contributed by atoms with Crippen molar-refractivity contribution in [2.24, 2.45) is 0 Å². The highest BCUT2D eigenvalue weighted by Gasteiger charge is 2.25. The molecule has 0 unspecified atom stereocenters. The molecule has 1 saturated heterocycles. The van der Waals surface area contributed by atoms with E-state index in [1.807, 2.05) is 23.1 Å². The quantitative estimate of drug-likeness (QED) is 0.836. The lowest BCUT2D eigenvalue weighted by Crippen LogP contribution is -2.37. The third kappa shape index (κ3) is 3.21. The second-order valence-corrected chi connectivity index (χ2v) is 6.97. The summed E-state index contributed by atoms with van der Waals surface area (Å²) in [6.45, 7) is 2.27. The van der Waals surface area contributed by atoms with Crippen LogP contribution < -0.4 is 4.90 Å². The molecule has 2 aliphatic heterocycles. The Morgan fingerprint density at radius 1 is 0.885 bits per heavy atom. The number of pyridine rings is 1. The molecule has 5 nitrogen and oxygen atoms in total. The Hall–Kier alpha value is -2.69. The Morgan fingerprint density at radius 2 is 1.69 bits per heavy atom. The summed E-state index contributed by atoms with van der Waals surface area (Å²) in [5.74, 6) is -0.134. The molecule has 0 radical (unpaired) electrons. The summed E-state index contributed by atoms with van der Waals surface area (Å²) in [5, 5.41) is 0. The topological polar surface area (TPSA) is 53.5 Å². The Kier molecular flexibility index (Phi) is 4.69. The van der Waals surface area contributed by atoms with Crippen LogP contribution in [0, 0.1) is 0 Å². The fraction of sp³-hybridized carbons (Fsp3) is 0.381.